The fraction of sp³-hybridized carbons (Fsp3) is 0.500. The highest BCUT2D eigenvalue weighted by Crippen LogP contribution is 2.19. The molecular weight excluding hydrogens is 260 g/mol. The number of hydrogen-bond donors (Lipinski definition) is 1. The molecule has 1 aromatic rings. The molecule has 0 bridgehead atoms. The lowest BCUT2D eigenvalue weighted by Gasteiger charge is -2.27. The van der Waals surface area contributed by atoms with Gasteiger partial charge in [-0.05, 0) is 26.3 Å². The number of carboxylic acid groups (broad SMARTS) is 1. The van der Waals surface area contributed by atoms with E-state index in [-0.39, 0.29) is 18.4 Å². The summed E-state index contributed by atoms with van der Waals surface area (Å²) in [6, 6.07) is 1.59. The lowest BCUT2D eigenvalue weighted by atomic mass is 10.1. The van der Waals surface area contributed by atoms with Crippen molar-refractivity contribution in [2.24, 2.45) is 0 Å². The Labute approximate surface area is 118 Å². The van der Waals surface area contributed by atoms with Crippen molar-refractivity contribution in [3.05, 3.63) is 24.0 Å². The van der Waals surface area contributed by atoms with E-state index in [4.69, 9.17) is 9.84 Å². The highest BCUT2D eigenvalue weighted by molar-refractivity contribution is 5.96. The molecule has 0 aliphatic rings. The molecule has 110 valence electrons. The molecule has 0 atom stereocenters. The molecule has 0 unspecified atom stereocenters. The summed E-state index contributed by atoms with van der Waals surface area (Å²) in [6.45, 7) is 4.19. The topological polar surface area (TPSA) is 79.7 Å². The number of hydrogen-bond acceptors (Lipinski definition) is 4. The van der Waals surface area contributed by atoms with Crippen molar-refractivity contribution in [1.29, 1.82) is 0 Å². The van der Waals surface area contributed by atoms with Crippen LogP contribution in [0.4, 0.5) is 0 Å². The minimum Gasteiger partial charge on any atom is -0.494 e. The zero-order chi connectivity index (χ0) is 15.1. The quantitative estimate of drug-likeness (QED) is 0.824. The minimum absolute atomic E-state index is 0.0193. The van der Waals surface area contributed by atoms with Crippen LogP contribution >= 0.6 is 0 Å². The zero-order valence-corrected chi connectivity index (χ0v) is 12.0. The monoisotopic (exact) mass is 280 g/mol. The van der Waals surface area contributed by atoms with Crippen LogP contribution in [0.3, 0.4) is 0 Å². The number of ether oxygens (including phenoxy) is 1. The molecule has 0 fully saturated rings. The average molecular weight is 280 g/mol. The molecule has 0 radical (unpaired) electrons. The van der Waals surface area contributed by atoms with Gasteiger partial charge in [-0.25, -0.2) is 0 Å². The Morgan fingerprint density at radius 2 is 2.15 bits per heavy atom. The normalized spacial score (nSPS) is 10.4. The number of carbonyl (C=O) groups excluding carboxylic acids is 1. The molecule has 1 aromatic heterocycles. The summed E-state index contributed by atoms with van der Waals surface area (Å²) in [5.74, 6) is -0.617. The fourth-order valence-corrected chi connectivity index (χ4v) is 1.87. The van der Waals surface area contributed by atoms with Crippen molar-refractivity contribution in [1.82, 2.24) is 9.88 Å². The molecule has 6 heteroatoms. The van der Waals surface area contributed by atoms with E-state index in [1.807, 2.05) is 13.8 Å². The molecule has 20 heavy (non-hydrogen) atoms. The van der Waals surface area contributed by atoms with E-state index in [2.05, 4.69) is 4.98 Å². The van der Waals surface area contributed by atoms with Crippen LogP contribution in [0.15, 0.2) is 18.5 Å². The molecule has 1 heterocycles. The Morgan fingerprint density at radius 3 is 2.70 bits per heavy atom. The molecule has 1 rings (SSSR count). The fourth-order valence-electron chi connectivity index (χ4n) is 1.87. The Balaban J connectivity index is 2.85. The third-order valence-corrected chi connectivity index (χ3v) is 2.91. The van der Waals surface area contributed by atoms with Gasteiger partial charge in [0.1, 0.15) is 5.75 Å². The van der Waals surface area contributed by atoms with E-state index >= 15 is 0 Å². The van der Waals surface area contributed by atoms with Crippen molar-refractivity contribution < 1.29 is 19.4 Å². The standard InChI is InChI=1S/C14H20N2O4/c1-10(2)16(8-4-5-13(17)18)14(19)11-6-7-15-9-12(11)20-3/h6-7,9-10H,4-5,8H2,1-3H3,(H,17,18). The summed E-state index contributed by atoms with van der Waals surface area (Å²) in [6.07, 6.45) is 3.49. The Hall–Kier alpha value is -2.11. The van der Waals surface area contributed by atoms with E-state index in [1.165, 1.54) is 19.5 Å². The SMILES string of the molecule is COc1cnccc1C(=O)N(CCCC(=O)O)C(C)C. The van der Waals surface area contributed by atoms with Crippen molar-refractivity contribution in [3.8, 4) is 5.75 Å². The lowest BCUT2D eigenvalue weighted by molar-refractivity contribution is -0.137. The maximum absolute atomic E-state index is 12.5. The van der Waals surface area contributed by atoms with Gasteiger partial charge < -0.3 is 14.7 Å². The van der Waals surface area contributed by atoms with Gasteiger partial charge in [-0.1, -0.05) is 0 Å². The van der Waals surface area contributed by atoms with Gasteiger partial charge in [-0.2, -0.15) is 0 Å². The Kier molecular flexibility index (Phi) is 5.96. The lowest BCUT2D eigenvalue weighted by Crippen LogP contribution is -2.38. The van der Waals surface area contributed by atoms with Crippen LogP contribution < -0.4 is 4.74 Å². The van der Waals surface area contributed by atoms with Gasteiger partial charge in [-0.15, -0.1) is 0 Å². The summed E-state index contributed by atoms with van der Waals surface area (Å²) < 4.78 is 5.13. The van der Waals surface area contributed by atoms with E-state index in [0.29, 0.717) is 24.3 Å². The summed E-state index contributed by atoms with van der Waals surface area (Å²) in [7, 11) is 1.48. The van der Waals surface area contributed by atoms with Crippen LogP contribution in [-0.2, 0) is 4.79 Å². The third kappa shape index (κ3) is 4.22. The second-order valence-corrected chi connectivity index (χ2v) is 4.67. The highest BCUT2D eigenvalue weighted by Gasteiger charge is 2.21. The summed E-state index contributed by atoms with van der Waals surface area (Å²) in [4.78, 5) is 28.6. The van der Waals surface area contributed by atoms with Gasteiger partial charge in [0, 0.05) is 25.2 Å². The number of aromatic nitrogens is 1. The van der Waals surface area contributed by atoms with Crippen LogP contribution in [0.25, 0.3) is 0 Å². The molecule has 0 aliphatic carbocycles. The van der Waals surface area contributed by atoms with Crippen LogP contribution in [0.1, 0.15) is 37.0 Å². The maximum atomic E-state index is 12.5. The third-order valence-electron chi connectivity index (χ3n) is 2.91. The average Bonchev–Trinajstić information content (AvgIpc) is 2.42. The first-order valence-electron chi connectivity index (χ1n) is 6.48. The van der Waals surface area contributed by atoms with Gasteiger partial charge >= 0.3 is 5.97 Å². The van der Waals surface area contributed by atoms with Gasteiger partial charge in [0.2, 0.25) is 0 Å². The summed E-state index contributed by atoms with van der Waals surface area (Å²) in [5.41, 5.74) is 0.437. The van der Waals surface area contributed by atoms with E-state index in [0.717, 1.165) is 0 Å². The minimum atomic E-state index is -0.859. The van der Waals surface area contributed by atoms with Crippen molar-refractivity contribution >= 4 is 11.9 Å². The van der Waals surface area contributed by atoms with Gasteiger partial charge in [0.25, 0.3) is 5.91 Å². The number of pyridine rings is 1. The first-order valence-corrected chi connectivity index (χ1v) is 6.48. The van der Waals surface area contributed by atoms with E-state index in [9.17, 15) is 9.59 Å². The molecule has 0 spiro atoms. The predicted octanol–water partition coefficient (Wildman–Crippen LogP) is 1.81. The predicted molar refractivity (Wildman–Crippen MR) is 73.8 cm³/mol. The molecule has 1 amide bonds. The molecular formula is C14H20N2O4. The number of carboxylic acids is 1. The number of aliphatic carboxylic acids is 1. The highest BCUT2D eigenvalue weighted by atomic mass is 16.5. The van der Waals surface area contributed by atoms with Crippen molar-refractivity contribution in [2.75, 3.05) is 13.7 Å². The first-order chi connectivity index (χ1) is 9.47. The number of rotatable bonds is 7. The van der Waals surface area contributed by atoms with Crippen LogP contribution in [0.2, 0.25) is 0 Å². The largest absolute Gasteiger partial charge is 0.494 e. The van der Waals surface area contributed by atoms with Crippen LogP contribution in [0.5, 0.6) is 5.75 Å². The number of methoxy groups -OCH3 is 1. The zero-order valence-electron chi connectivity index (χ0n) is 12.0. The molecule has 0 aromatic carbocycles. The van der Waals surface area contributed by atoms with E-state index < -0.39 is 5.97 Å². The molecule has 0 saturated carbocycles. The van der Waals surface area contributed by atoms with Gasteiger partial charge in [0.15, 0.2) is 0 Å². The molecule has 0 saturated heterocycles. The second kappa shape index (κ2) is 7.47. The van der Waals surface area contributed by atoms with Gasteiger partial charge in [-0.3, -0.25) is 14.6 Å². The molecule has 1 N–H and O–H groups in total. The van der Waals surface area contributed by atoms with Crippen molar-refractivity contribution in [2.45, 2.75) is 32.7 Å². The van der Waals surface area contributed by atoms with Crippen LogP contribution in [0, 0.1) is 0 Å². The second-order valence-electron chi connectivity index (χ2n) is 4.67. The van der Waals surface area contributed by atoms with Gasteiger partial charge in [0.05, 0.1) is 18.9 Å². The number of carbonyl (C=O) groups is 2. The Bertz CT molecular complexity index is 474. The summed E-state index contributed by atoms with van der Waals surface area (Å²) in [5, 5.41) is 8.67. The smallest absolute Gasteiger partial charge is 0.303 e. The first kappa shape index (κ1) is 15.9. The van der Waals surface area contributed by atoms with E-state index in [1.54, 1.807) is 11.0 Å². The Morgan fingerprint density at radius 1 is 1.45 bits per heavy atom. The van der Waals surface area contributed by atoms with Crippen molar-refractivity contribution in [3.63, 3.8) is 0 Å². The van der Waals surface area contributed by atoms with Crippen LogP contribution in [-0.4, -0.2) is 46.6 Å². The number of nitrogens with zero attached hydrogens (tertiary/aromatic N) is 2. The maximum Gasteiger partial charge on any atom is 0.303 e. The number of amides is 1. The summed E-state index contributed by atoms with van der Waals surface area (Å²) >= 11 is 0. The molecule has 6 nitrogen and oxygen atoms in total. The molecule has 0 aliphatic heterocycles.